The number of likely N-dealkylation sites (N-methyl/N-ethyl adjacent to an activating group) is 1. The lowest BCUT2D eigenvalue weighted by atomic mass is 10.1. The molecule has 0 saturated carbocycles. The van der Waals surface area contributed by atoms with Gasteiger partial charge < -0.3 is 5.73 Å². The Hall–Kier alpha value is -0.340. The lowest BCUT2D eigenvalue weighted by Crippen LogP contribution is -2.40. The maximum atomic E-state index is 5.66. The van der Waals surface area contributed by atoms with Gasteiger partial charge in [0.25, 0.3) is 0 Å². The fourth-order valence-electron chi connectivity index (χ4n) is 1.42. The molecule has 0 radical (unpaired) electrons. The van der Waals surface area contributed by atoms with Crippen molar-refractivity contribution in [3.05, 3.63) is 12.2 Å². The first-order valence-corrected chi connectivity index (χ1v) is 4.74. The van der Waals surface area contributed by atoms with Gasteiger partial charge in [-0.1, -0.05) is 26.0 Å². The van der Waals surface area contributed by atoms with Crippen molar-refractivity contribution in [2.75, 3.05) is 19.6 Å². The van der Waals surface area contributed by atoms with Crippen LogP contribution in [0.15, 0.2) is 12.2 Å². The molecule has 1 unspecified atom stereocenters. The van der Waals surface area contributed by atoms with Crippen LogP contribution in [0.4, 0.5) is 0 Å². The minimum atomic E-state index is 0.520. The van der Waals surface area contributed by atoms with Gasteiger partial charge >= 0.3 is 0 Å². The molecule has 0 aliphatic rings. The Bertz CT molecular complexity index is 128. The molecule has 0 aromatic rings. The number of hydrogen-bond donors (Lipinski definition) is 1. The zero-order valence-corrected chi connectivity index (χ0v) is 8.64. The van der Waals surface area contributed by atoms with Crippen molar-refractivity contribution in [2.45, 2.75) is 33.2 Å². The van der Waals surface area contributed by atoms with Crippen LogP contribution in [0.25, 0.3) is 0 Å². The molecule has 2 N–H and O–H groups in total. The summed E-state index contributed by atoms with van der Waals surface area (Å²) in [5.41, 5.74) is 6.88. The van der Waals surface area contributed by atoms with Gasteiger partial charge in [0.2, 0.25) is 0 Å². The van der Waals surface area contributed by atoms with E-state index in [1.807, 2.05) is 0 Å². The predicted molar refractivity (Wildman–Crippen MR) is 55.2 cm³/mol. The topological polar surface area (TPSA) is 29.3 Å². The fourth-order valence-corrected chi connectivity index (χ4v) is 1.42. The summed E-state index contributed by atoms with van der Waals surface area (Å²) in [7, 11) is 0. The van der Waals surface area contributed by atoms with Gasteiger partial charge in [-0.2, -0.15) is 0 Å². The molecule has 0 fully saturated rings. The lowest BCUT2D eigenvalue weighted by Gasteiger charge is -2.28. The van der Waals surface area contributed by atoms with E-state index in [1.54, 1.807) is 0 Å². The van der Waals surface area contributed by atoms with E-state index in [0.29, 0.717) is 6.04 Å². The summed E-state index contributed by atoms with van der Waals surface area (Å²) >= 11 is 0. The van der Waals surface area contributed by atoms with Gasteiger partial charge in [0.1, 0.15) is 0 Å². The molecule has 2 nitrogen and oxygen atoms in total. The molecule has 0 aromatic heterocycles. The largest absolute Gasteiger partial charge is 0.329 e. The van der Waals surface area contributed by atoms with Crippen molar-refractivity contribution in [3.63, 3.8) is 0 Å². The summed E-state index contributed by atoms with van der Waals surface area (Å²) < 4.78 is 0. The van der Waals surface area contributed by atoms with Crippen LogP contribution < -0.4 is 5.73 Å². The van der Waals surface area contributed by atoms with E-state index in [2.05, 4.69) is 32.3 Å². The molecule has 0 saturated heterocycles. The van der Waals surface area contributed by atoms with Crippen molar-refractivity contribution >= 4 is 0 Å². The second kappa shape index (κ2) is 6.21. The Balaban J connectivity index is 4.01. The van der Waals surface area contributed by atoms with Crippen LogP contribution >= 0.6 is 0 Å². The third-order valence-corrected chi connectivity index (χ3v) is 2.14. The van der Waals surface area contributed by atoms with E-state index in [0.717, 1.165) is 26.1 Å². The first kappa shape index (κ1) is 11.7. The van der Waals surface area contributed by atoms with E-state index in [-0.39, 0.29) is 0 Å². The molecule has 0 aromatic carbocycles. The summed E-state index contributed by atoms with van der Waals surface area (Å²) in [4.78, 5) is 2.38. The molecule has 0 aliphatic heterocycles. The average molecular weight is 170 g/mol. The predicted octanol–water partition coefficient (Wildman–Crippen LogP) is 1.62. The molecule has 1 atom stereocenters. The minimum Gasteiger partial charge on any atom is -0.329 e. The van der Waals surface area contributed by atoms with Crippen molar-refractivity contribution in [1.82, 2.24) is 4.90 Å². The molecular weight excluding hydrogens is 148 g/mol. The number of rotatable bonds is 6. The van der Waals surface area contributed by atoms with Gasteiger partial charge in [-0.05, 0) is 19.9 Å². The van der Waals surface area contributed by atoms with Crippen LogP contribution in [0.5, 0.6) is 0 Å². The Labute approximate surface area is 76.4 Å². The molecule has 0 aliphatic carbocycles. The summed E-state index contributed by atoms with van der Waals surface area (Å²) in [6, 6.07) is 0.520. The van der Waals surface area contributed by atoms with E-state index in [4.69, 9.17) is 5.73 Å². The summed E-state index contributed by atoms with van der Waals surface area (Å²) in [5, 5.41) is 0. The molecule has 72 valence electrons. The van der Waals surface area contributed by atoms with Crippen LogP contribution in [0.1, 0.15) is 27.2 Å². The highest BCUT2D eigenvalue weighted by atomic mass is 15.2. The standard InChI is InChI=1S/C10H22N2/c1-5-10(7-11)12(6-2)8-9(3)4/h10H,3,5-8,11H2,1-2,4H3. The molecule has 0 bridgehead atoms. The monoisotopic (exact) mass is 170 g/mol. The van der Waals surface area contributed by atoms with E-state index in [9.17, 15) is 0 Å². The van der Waals surface area contributed by atoms with Crippen molar-refractivity contribution in [1.29, 1.82) is 0 Å². The van der Waals surface area contributed by atoms with Crippen LogP contribution in [0, 0.1) is 0 Å². The molecule has 0 rings (SSSR count). The van der Waals surface area contributed by atoms with Gasteiger partial charge in [0, 0.05) is 19.1 Å². The molecule has 0 amide bonds. The highest BCUT2D eigenvalue weighted by Gasteiger charge is 2.12. The average Bonchev–Trinajstić information content (AvgIpc) is 2.04. The zero-order chi connectivity index (χ0) is 9.56. The summed E-state index contributed by atoms with van der Waals surface area (Å²) in [6.45, 7) is 13.1. The Morgan fingerprint density at radius 1 is 1.50 bits per heavy atom. The first-order chi connectivity index (χ1) is 5.65. The van der Waals surface area contributed by atoms with E-state index >= 15 is 0 Å². The fraction of sp³-hybridized carbons (Fsp3) is 0.800. The van der Waals surface area contributed by atoms with Crippen molar-refractivity contribution in [3.8, 4) is 0 Å². The Morgan fingerprint density at radius 2 is 2.08 bits per heavy atom. The van der Waals surface area contributed by atoms with Gasteiger partial charge in [0.05, 0.1) is 0 Å². The second-order valence-electron chi connectivity index (χ2n) is 3.32. The maximum absolute atomic E-state index is 5.66. The van der Waals surface area contributed by atoms with Crippen molar-refractivity contribution in [2.24, 2.45) is 5.73 Å². The van der Waals surface area contributed by atoms with E-state index in [1.165, 1.54) is 5.57 Å². The van der Waals surface area contributed by atoms with E-state index < -0.39 is 0 Å². The highest BCUT2D eigenvalue weighted by Crippen LogP contribution is 2.04. The number of nitrogens with two attached hydrogens (primary N) is 1. The Kier molecular flexibility index (Phi) is 6.03. The third kappa shape index (κ3) is 3.88. The Morgan fingerprint density at radius 3 is 2.33 bits per heavy atom. The maximum Gasteiger partial charge on any atom is 0.0219 e. The second-order valence-corrected chi connectivity index (χ2v) is 3.32. The zero-order valence-electron chi connectivity index (χ0n) is 8.64. The molecule has 0 heterocycles. The number of hydrogen-bond acceptors (Lipinski definition) is 2. The third-order valence-electron chi connectivity index (χ3n) is 2.14. The summed E-state index contributed by atoms with van der Waals surface area (Å²) in [6.07, 6.45) is 1.12. The summed E-state index contributed by atoms with van der Waals surface area (Å²) in [5.74, 6) is 0. The van der Waals surface area contributed by atoms with Crippen LogP contribution in [-0.2, 0) is 0 Å². The normalized spacial score (nSPS) is 13.4. The van der Waals surface area contributed by atoms with Crippen LogP contribution in [0.2, 0.25) is 0 Å². The van der Waals surface area contributed by atoms with Gasteiger partial charge in [-0.3, -0.25) is 4.90 Å². The molecule has 2 heteroatoms. The van der Waals surface area contributed by atoms with Crippen molar-refractivity contribution < 1.29 is 0 Å². The minimum absolute atomic E-state index is 0.520. The lowest BCUT2D eigenvalue weighted by molar-refractivity contribution is 0.223. The number of nitrogens with zero attached hydrogens (tertiary/aromatic N) is 1. The highest BCUT2D eigenvalue weighted by molar-refractivity contribution is 4.93. The first-order valence-electron chi connectivity index (χ1n) is 4.74. The van der Waals surface area contributed by atoms with Gasteiger partial charge in [-0.25, -0.2) is 0 Å². The molecular formula is C10H22N2. The smallest absolute Gasteiger partial charge is 0.0219 e. The van der Waals surface area contributed by atoms with Gasteiger partial charge in [-0.15, -0.1) is 0 Å². The van der Waals surface area contributed by atoms with Crippen LogP contribution in [-0.4, -0.2) is 30.6 Å². The van der Waals surface area contributed by atoms with Crippen LogP contribution in [0.3, 0.4) is 0 Å². The molecule has 0 spiro atoms. The molecule has 12 heavy (non-hydrogen) atoms. The SMILES string of the molecule is C=C(C)CN(CC)C(CC)CN. The quantitative estimate of drug-likeness (QED) is 0.614. The van der Waals surface area contributed by atoms with Gasteiger partial charge in [0.15, 0.2) is 0 Å².